The minimum atomic E-state index is 0.143. The zero-order valence-corrected chi connectivity index (χ0v) is 14.5. The van der Waals surface area contributed by atoms with E-state index in [-0.39, 0.29) is 5.54 Å². The van der Waals surface area contributed by atoms with Crippen LogP contribution in [0.15, 0.2) is 12.3 Å². The quantitative estimate of drug-likeness (QED) is 0.911. The van der Waals surface area contributed by atoms with Crippen LogP contribution in [-0.2, 0) is 6.54 Å². The standard InChI is InChI=1S/C18H31N3/c1-13(2)16-8-7-9-21(16)17-14(3)10-15(11-19-17)12-20-18(4,5)6/h10-11,13,16,20H,7-9,12H2,1-6H3. The van der Waals surface area contributed by atoms with E-state index in [0.717, 1.165) is 13.1 Å². The molecule has 1 aromatic heterocycles. The largest absolute Gasteiger partial charge is 0.353 e. The van der Waals surface area contributed by atoms with E-state index in [9.17, 15) is 0 Å². The lowest BCUT2D eigenvalue weighted by Crippen LogP contribution is -2.35. The fraction of sp³-hybridized carbons (Fsp3) is 0.722. The number of rotatable bonds is 4. The van der Waals surface area contributed by atoms with E-state index in [1.54, 1.807) is 0 Å². The Morgan fingerprint density at radius 3 is 2.67 bits per heavy atom. The molecule has 1 saturated heterocycles. The predicted octanol–water partition coefficient (Wildman–Crippen LogP) is 3.90. The molecule has 0 spiro atoms. The summed E-state index contributed by atoms with van der Waals surface area (Å²) in [6.45, 7) is 15.4. The summed E-state index contributed by atoms with van der Waals surface area (Å²) >= 11 is 0. The Bertz CT molecular complexity index is 474. The SMILES string of the molecule is Cc1cc(CNC(C)(C)C)cnc1N1CCCC1C(C)C. The summed E-state index contributed by atoms with van der Waals surface area (Å²) in [6, 6.07) is 2.94. The van der Waals surface area contributed by atoms with Crippen LogP contribution >= 0.6 is 0 Å². The van der Waals surface area contributed by atoms with E-state index in [4.69, 9.17) is 4.98 Å². The van der Waals surface area contributed by atoms with E-state index in [0.29, 0.717) is 12.0 Å². The molecule has 0 aliphatic carbocycles. The van der Waals surface area contributed by atoms with Gasteiger partial charge in [-0.25, -0.2) is 4.98 Å². The highest BCUT2D eigenvalue weighted by Gasteiger charge is 2.28. The maximum absolute atomic E-state index is 4.78. The topological polar surface area (TPSA) is 28.2 Å². The van der Waals surface area contributed by atoms with Crippen molar-refractivity contribution in [3.63, 3.8) is 0 Å². The normalized spacial score (nSPS) is 19.6. The van der Waals surface area contributed by atoms with Gasteiger partial charge in [-0.2, -0.15) is 0 Å². The van der Waals surface area contributed by atoms with Crippen LogP contribution in [0.3, 0.4) is 0 Å². The van der Waals surface area contributed by atoms with Crippen LogP contribution in [0, 0.1) is 12.8 Å². The number of anilines is 1. The highest BCUT2D eigenvalue weighted by atomic mass is 15.2. The van der Waals surface area contributed by atoms with Crippen LogP contribution in [0.1, 0.15) is 58.6 Å². The van der Waals surface area contributed by atoms with E-state index in [1.165, 1.54) is 29.8 Å². The van der Waals surface area contributed by atoms with Gasteiger partial charge in [0.05, 0.1) is 0 Å². The Balaban J connectivity index is 2.12. The second kappa shape index (κ2) is 6.35. The van der Waals surface area contributed by atoms with E-state index in [2.05, 4.69) is 57.8 Å². The van der Waals surface area contributed by atoms with Gasteiger partial charge in [-0.05, 0) is 63.6 Å². The molecule has 0 radical (unpaired) electrons. The molecule has 1 fully saturated rings. The molecule has 1 aromatic rings. The molecule has 2 rings (SSSR count). The van der Waals surface area contributed by atoms with Crippen molar-refractivity contribution in [2.75, 3.05) is 11.4 Å². The molecule has 0 saturated carbocycles. The van der Waals surface area contributed by atoms with Gasteiger partial charge < -0.3 is 10.2 Å². The average molecular weight is 289 g/mol. The first-order valence-electron chi connectivity index (χ1n) is 8.25. The number of hydrogen-bond acceptors (Lipinski definition) is 3. The Kier molecular flexibility index (Phi) is 4.92. The van der Waals surface area contributed by atoms with Gasteiger partial charge in [-0.1, -0.05) is 13.8 Å². The Morgan fingerprint density at radius 2 is 2.10 bits per heavy atom. The zero-order chi connectivity index (χ0) is 15.6. The fourth-order valence-corrected chi connectivity index (χ4v) is 3.14. The van der Waals surface area contributed by atoms with Crippen molar-refractivity contribution in [3.05, 3.63) is 23.4 Å². The first-order chi connectivity index (χ1) is 9.78. The van der Waals surface area contributed by atoms with Gasteiger partial charge in [0, 0.05) is 30.9 Å². The molecule has 2 heterocycles. The van der Waals surface area contributed by atoms with Crippen molar-refractivity contribution in [1.29, 1.82) is 0 Å². The van der Waals surface area contributed by atoms with Crippen LogP contribution in [0.4, 0.5) is 5.82 Å². The van der Waals surface area contributed by atoms with Crippen LogP contribution < -0.4 is 10.2 Å². The van der Waals surface area contributed by atoms with Crippen LogP contribution in [0.2, 0.25) is 0 Å². The number of hydrogen-bond donors (Lipinski definition) is 1. The van der Waals surface area contributed by atoms with Crippen LogP contribution in [-0.4, -0.2) is 23.1 Å². The van der Waals surface area contributed by atoms with Crippen molar-refractivity contribution >= 4 is 5.82 Å². The summed E-state index contributed by atoms with van der Waals surface area (Å²) in [5.41, 5.74) is 2.71. The summed E-state index contributed by atoms with van der Waals surface area (Å²) in [4.78, 5) is 7.29. The molecule has 0 bridgehead atoms. The molecule has 0 amide bonds. The molecule has 3 heteroatoms. The molecule has 1 atom stereocenters. The number of nitrogens with zero attached hydrogens (tertiary/aromatic N) is 2. The summed E-state index contributed by atoms with van der Waals surface area (Å²) < 4.78 is 0. The third-order valence-corrected chi connectivity index (χ3v) is 4.27. The summed E-state index contributed by atoms with van der Waals surface area (Å²) in [7, 11) is 0. The lowest BCUT2D eigenvalue weighted by atomic mass is 10.0. The van der Waals surface area contributed by atoms with Crippen molar-refractivity contribution in [2.24, 2.45) is 5.92 Å². The maximum Gasteiger partial charge on any atom is 0.131 e. The smallest absolute Gasteiger partial charge is 0.131 e. The van der Waals surface area contributed by atoms with Crippen LogP contribution in [0.25, 0.3) is 0 Å². The molecule has 1 aliphatic rings. The highest BCUT2D eigenvalue weighted by molar-refractivity contribution is 5.49. The van der Waals surface area contributed by atoms with Crippen molar-refractivity contribution in [3.8, 4) is 0 Å². The van der Waals surface area contributed by atoms with E-state index >= 15 is 0 Å². The molecule has 3 nitrogen and oxygen atoms in total. The zero-order valence-electron chi connectivity index (χ0n) is 14.5. The molecule has 1 aliphatic heterocycles. The molecule has 0 aromatic carbocycles. The molecular formula is C18H31N3. The molecular weight excluding hydrogens is 258 g/mol. The predicted molar refractivity (Wildman–Crippen MR) is 90.8 cm³/mol. The first-order valence-corrected chi connectivity index (χ1v) is 8.25. The van der Waals surface area contributed by atoms with Gasteiger partial charge in [0.1, 0.15) is 5.82 Å². The van der Waals surface area contributed by atoms with Crippen LogP contribution in [0.5, 0.6) is 0 Å². The minimum absolute atomic E-state index is 0.143. The number of pyridine rings is 1. The highest BCUT2D eigenvalue weighted by Crippen LogP contribution is 2.30. The monoisotopic (exact) mass is 289 g/mol. The second-order valence-electron chi connectivity index (χ2n) is 7.73. The number of aryl methyl sites for hydroxylation is 1. The summed E-state index contributed by atoms with van der Waals surface area (Å²) in [5, 5.41) is 3.53. The average Bonchev–Trinajstić information content (AvgIpc) is 2.84. The van der Waals surface area contributed by atoms with Gasteiger partial charge >= 0.3 is 0 Å². The number of aromatic nitrogens is 1. The summed E-state index contributed by atoms with van der Waals surface area (Å²) in [5.74, 6) is 1.88. The Labute approximate surface area is 130 Å². The minimum Gasteiger partial charge on any atom is -0.353 e. The third kappa shape index (κ3) is 4.19. The number of nitrogens with one attached hydrogen (secondary N) is 1. The van der Waals surface area contributed by atoms with E-state index in [1.807, 2.05) is 6.20 Å². The lowest BCUT2D eigenvalue weighted by Gasteiger charge is -2.30. The van der Waals surface area contributed by atoms with Gasteiger partial charge in [0.25, 0.3) is 0 Å². The lowest BCUT2D eigenvalue weighted by molar-refractivity contribution is 0.424. The third-order valence-electron chi connectivity index (χ3n) is 4.27. The molecule has 1 unspecified atom stereocenters. The van der Waals surface area contributed by atoms with Gasteiger partial charge in [-0.3, -0.25) is 0 Å². The van der Waals surface area contributed by atoms with Gasteiger partial charge in [0.15, 0.2) is 0 Å². The first kappa shape index (κ1) is 16.3. The molecule has 21 heavy (non-hydrogen) atoms. The van der Waals surface area contributed by atoms with E-state index < -0.39 is 0 Å². The van der Waals surface area contributed by atoms with Gasteiger partial charge in [0.2, 0.25) is 0 Å². The van der Waals surface area contributed by atoms with Crippen molar-refractivity contribution < 1.29 is 0 Å². The molecule has 118 valence electrons. The summed E-state index contributed by atoms with van der Waals surface area (Å²) in [6.07, 6.45) is 4.63. The Hall–Kier alpha value is -1.09. The van der Waals surface area contributed by atoms with Gasteiger partial charge in [-0.15, -0.1) is 0 Å². The Morgan fingerprint density at radius 1 is 1.38 bits per heavy atom. The second-order valence-corrected chi connectivity index (χ2v) is 7.73. The maximum atomic E-state index is 4.78. The van der Waals surface area contributed by atoms with Crippen molar-refractivity contribution in [2.45, 2.75) is 72.5 Å². The fourth-order valence-electron chi connectivity index (χ4n) is 3.14. The molecule has 1 N–H and O–H groups in total. The van der Waals surface area contributed by atoms with Crippen molar-refractivity contribution in [1.82, 2.24) is 10.3 Å².